The van der Waals surface area contributed by atoms with Gasteiger partial charge in [0.1, 0.15) is 0 Å². The molecule has 5 rings (SSSR count). The molecule has 0 saturated carbocycles. The molecule has 1 spiro atoms. The van der Waals surface area contributed by atoms with Crippen molar-refractivity contribution in [1.29, 1.82) is 0 Å². The number of rotatable bonds is 3. The van der Waals surface area contributed by atoms with E-state index in [9.17, 15) is 4.79 Å². The van der Waals surface area contributed by atoms with Gasteiger partial charge in [0.05, 0.1) is 13.2 Å². The van der Waals surface area contributed by atoms with Gasteiger partial charge < -0.3 is 9.64 Å². The Kier molecular flexibility index (Phi) is 4.44. The highest BCUT2D eigenvalue weighted by Gasteiger charge is 2.55. The van der Waals surface area contributed by atoms with Crippen molar-refractivity contribution in [3.05, 3.63) is 42.4 Å². The maximum atomic E-state index is 13.1. The zero-order chi connectivity index (χ0) is 19.1. The fraction of sp³-hybridized carbons (Fsp3) is 0.571. The summed E-state index contributed by atoms with van der Waals surface area (Å²) in [5, 5.41) is 4.21. The first-order valence-electron chi connectivity index (χ1n) is 10.3. The molecule has 2 aromatic rings. The minimum absolute atomic E-state index is 0.0928. The molecule has 148 valence electrons. The van der Waals surface area contributed by atoms with Crippen LogP contribution in [-0.2, 0) is 4.74 Å². The number of piperidine rings is 1. The third-order valence-electron chi connectivity index (χ3n) is 7.01. The summed E-state index contributed by atoms with van der Waals surface area (Å²) in [6.07, 6.45) is 7.36. The Bertz CT molecular complexity index is 844. The van der Waals surface area contributed by atoms with Crippen molar-refractivity contribution in [3.63, 3.8) is 0 Å². The van der Waals surface area contributed by atoms with Crippen molar-refractivity contribution in [2.45, 2.75) is 25.8 Å². The Morgan fingerprint density at radius 3 is 2.89 bits per heavy atom. The minimum Gasteiger partial charge on any atom is -0.379 e. The Hall–Kier alpha value is -2.25. The van der Waals surface area contributed by atoms with Gasteiger partial charge in [-0.05, 0) is 43.0 Å². The van der Waals surface area contributed by atoms with E-state index in [2.05, 4.69) is 21.9 Å². The largest absolute Gasteiger partial charge is 0.379 e. The molecule has 0 aromatic carbocycles. The lowest BCUT2D eigenvalue weighted by Crippen LogP contribution is -2.47. The summed E-state index contributed by atoms with van der Waals surface area (Å²) in [5.41, 5.74) is 0.993. The molecule has 7 heteroatoms. The number of likely N-dealkylation sites (tertiary alicyclic amines) is 2. The number of hydrogen-bond acceptors (Lipinski definition) is 5. The number of likely N-dealkylation sites (N-methyl/N-ethyl adjacent to an activating group) is 1. The fourth-order valence-electron chi connectivity index (χ4n) is 5.42. The SMILES string of the molecule is CCN1CC2(CCN(C(=O)c3ccnc(-n4cccn4)c3)CC2)[C@H]2COC[C@H]21. The predicted octanol–water partition coefficient (Wildman–Crippen LogP) is 1.84. The molecule has 3 aliphatic rings. The third-order valence-corrected chi connectivity index (χ3v) is 7.01. The summed E-state index contributed by atoms with van der Waals surface area (Å²) in [6, 6.07) is 6.05. The van der Waals surface area contributed by atoms with Crippen molar-refractivity contribution < 1.29 is 9.53 Å². The van der Waals surface area contributed by atoms with Gasteiger partial charge >= 0.3 is 0 Å². The fourth-order valence-corrected chi connectivity index (χ4v) is 5.42. The van der Waals surface area contributed by atoms with Crippen LogP contribution in [0.1, 0.15) is 30.1 Å². The molecule has 2 atom stereocenters. The second kappa shape index (κ2) is 6.97. The van der Waals surface area contributed by atoms with E-state index in [1.807, 2.05) is 23.2 Å². The smallest absolute Gasteiger partial charge is 0.254 e. The Labute approximate surface area is 165 Å². The number of carbonyl (C=O) groups excluding carboxylic acids is 1. The number of aromatic nitrogens is 3. The zero-order valence-corrected chi connectivity index (χ0v) is 16.3. The van der Waals surface area contributed by atoms with Crippen molar-refractivity contribution in [2.75, 3.05) is 39.4 Å². The highest BCUT2D eigenvalue weighted by atomic mass is 16.5. The summed E-state index contributed by atoms with van der Waals surface area (Å²) in [5.74, 6) is 1.39. The highest BCUT2D eigenvalue weighted by Crippen LogP contribution is 2.50. The van der Waals surface area contributed by atoms with Gasteiger partial charge in [-0.3, -0.25) is 9.69 Å². The van der Waals surface area contributed by atoms with Gasteiger partial charge in [0.2, 0.25) is 0 Å². The quantitative estimate of drug-likeness (QED) is 0.812. The zero-order valence-electron chi connectivity index (χ0n) is 16.3. The number of carbonyl (C=O) groups is 1. The van der Waals surface area contributed by atoms with E-state index in [4.69, 9.17) is 4.74 Å². The van der Waals surface area contributed by atoms with Crippen LogP contribution in [0, 0.1) is 11.3 Å². The third kappa shape index (κ3) is 2.84. The molecule has 3 fully saturated rings. The first kappa shape index (κ1) is 17.8. The maximum absolute atomic E-state index is 13.1. The van der Waals surface area contributed by atoms with Crippen molar-refractivity contribution in [1.82, 2.24) is 24.6 Å². The first-order valence-corrected chi connectivity index (χ1v) is 10.3. The summed E-state index contributed by atoms with van der Waals surface area (Å²) in [4.78, 5) is 22.0. The first-order chi connectivity index (χ1) is 13.7. The molecule has 0 unspecified atom stereocenters. The van der Waals surface area contributed by atoms with Gasteiger partial charge in [0.25, 0.3) is 5.91 Å². The molecule has 0 bridgehead atoms. The number of amides is 1. The molecule has 3 saturated heterocycles. The Balaban J connectivity index is 1.30. The number of pyridine rings is 1. The number of hydrogen-bond donors (Lipinski definition) is 0. The monoisotopic (exact) mass is 381 g/mol. The molecule has 2 aromatic heterocycles. The molecule has 0 N–H and O–H groups in total. The minimum atomic E-state index is 0.0928. The van der Waals surface area contributed by atoms with Crippen LogP contribution in [-0.4, -0.2) is 75.9 Å². The number of fused-ring (bicyclic) bond motifs is 2. The van der Waals surface area contributed by atoms with Gasteiger partial charge in [-0.2, -0.15) is 5.10 Å². The molecular weight excluding hydrogens is 354 g/mol. The molecule has 28 heavy (non-hydrogen) atoms. The lowest BCUT2D eigenvalue weighted by molar-refractivity contribution is 0.0402. The average molecular weight is 381 g/mol. The van der Waals surface area contributed by atoms with Crippen LogP contribution in [0.15, 0.2) is 36.8 Å². The van der Waals surface area contributed by atoms with E-state index in [0.29, 0.717) is 28.8 Å². The van der Waals surface area contributed by atoms with Crippen LogP contribution in [0.5, 0.6) is 0 Å². The van der Waals surface area contributed by atoms with Crippen LogP contribution < -0.4 is 0 Å². The summed E-state index contributed by atoms with van der Waals surface area (Å²) in [6.45, 7) is 7.87. The summed E-state index contributed by atoms with van der Waals surface area (Å²) in [7, 11) is 0. The second-order valence-corrected chi connectivity index (χ2v) is 8.28. The molecule has 1 amide bonds. The van der Waals surface area contributed by atoms with E-state index < -0.39 is 0 Å². The topological polar surface area (TPSA) is 63.5 Å². The van der Waals surface area contributed by atoms with E-state index in [1.165, 1.54) is 0 Å². The lowest BCUT2D eigenvalue weighted by atomic mass is 9.70. The van der Waals surface area contributed by atoms with Crippen LogP contribution in [0.25, 0.3) is 5.82 Å². The van der Waals surface area contributed by atoms with Crippen molar-refractivity contribution in [3.8, 4) is 5.82 Å². The highest BCUT2D eigenvalue weighted by molar-refractivity contribution is 5.94. The van der Waals surface area contributed by atoms with Crippen molar-refractivity contribution in [2.24, 2.45) is 11.3 Å². The molecule has 5 heterocycles. The predicted molar refractivity (Wildman–Crippen MR) is 104 cm³/mol. The van der Waals surface area contributed by atoms with Crippen LogP contribution in [0.4, 0.5) is 0 Å². The normalized spacial score (nSPS) is 26.7. The second-order valence-electron chi connectivity index (χ2n) is 8.28. The maximum Gasteiger partial charge on any atom is 0.254 e. The van der Waals surface area contributed by atoms with Gasteiger partial charge in [0.15, 0.2) is 5.82 Å². The van der Waals surface area contributed by atoms with Crippen LogP contribution in [0.3, 0.4) is 0 Å². The molecular formula is C21H27N5O2. The molecule has 0 aliphatic carbocycles. The standard InChI is InChI=1S/C21H27N5O2/c1-2-24-15-21(17-13-28-14-18(17)24)5-10-25(11-6-21)20(27)16-4-8-22-19(12-16)26-9-3-7-23-26/h3-4,7-9,12,17-18H,2,5-6,10-11,13-15H2,1H3/t17-,18+/m0/s1. The Morgan fingerprint density at radius 1 is 1.29 bits per heavy atom. The van der Waals surface area contributed by atoms with Gasteiger partial charge in [-0.1, -0.05) is 6.92 Å². The Morgan fingerprint density at radius 2 is 2.14 bits per heavy atom. The van der Waals surface area contributed by atoms with E-state index in [0.717, 1.165) is 52.2 Å². The van der Waals surface area contributed by atoms with Crippen molar-refractivity contribution >= 4 is 5.91 Å². The van der Waals surface area contributed by atoms with Crippen LogP contribution in [0.2, 0.25) is 0 Å². The van der Waals surface area contributed by atoms with E-state index >= 15 is 0 Å². The number of ether oxygens (including phenoxy) is 1. The van der Waals surface area contributed by atoms with E-state index in [-0.39, 0.29) is 5.91 Å². The molecule has 0 radical (unpaired) electrons. The average Bonchev–Trinajstić information content (AvgIpc) is 3.48. The van der Waals surface area contributed by atoms with Gasteiger partial charge in [-0.25, -0.2) is 9.67 Å². The van der Waals surface area contributed by atoms with E-state index in [1.54, 1.807) is 23.1 Å². The molecule has 3 aliphatic heterocycles. The molecule has 7 nitrogen and oxygen atoms in total. The number of nitrogens with zero attached hydrogens (tertiary/aromatic N) is 5. The summed E-state index contributed by atoms with van der Waals surface area (Å²) >= 11 is 0. The van der Waals surface area contributed by atoms with Gasteiger partial charge in [-0.15, -0.1) is 0 Å². The van der Waals surface area contributed by atoms with Crippen LogP contribution >= 0.6 is 0 Å². The van der Waals surface area contributed by atoms with Gasteiger partial charge in [0, 0.05) is 55.7 Å². The summed E-state index contributed by atoms with van der Waals surface area (Å²) < 4.78 is 7.51. The lowest BCUT2D eigenvalue weighted by Gasteiger charge is -2.42.